The van der Waals surface area contributed by atoms with Gasteiger partial charge in [-0.1, -0.05) is 150 Å². The molecule has 0 aliphatic rings. The fraction of sp³-hybridized carbons (Fsp3) is 0. The lowest BCUT2D eigenvalue weighted by molar-refractivity contribution is 1.08. The molecule has 3 aromatic heterocycles. The number of hydrogen-bond acceptors (Lipinski definition) is 3. The van der Waals surface area contributed by atoms with Crippen molar-refractivity contribution in [2.24, 2.45) is 0 Å². The van der Waals surface area contributed by atoms with E-state index in [1.54, 1.807) is 0 Å². The molecule has 0 saturated heterocycles. The van der Waals surface area contributed by atoms with E-state index in [2.05, 4.69) is 150 Å². The van der Waals surface area contributed by atoms with Crippen molar-refractivity contribution < 1.29 is 0 Å². The van der Waals surface area contributed by atoms with Gasteiger partial charge < -0.3 is 4.40 Å². The Morgan fingerprint density at radius 1 is 0.288 bits per heavy atom. The highest BCUT2D eigenvalue weighted by Crippen LogP contribution is 2.46. The summed E-state index contributed by atoms with van der Waals surface area (Å²) in [7, 11) is 32.9. The zero-order chi connectivity index (χ0) is 44.4. The highest BCUT2D eigenvalue weighted by atomic mass is 15.0. The van der Waals surface area contributed by atoms with E-state index in [1.165, 1.54) is 21.7 Å². The highest BCUT2D eigenvalue weighted by Gasteiger charge is 2.24. The number of nitrogens with zero attached hydrogens (tertiary/aromatic N) is 4. The van der Waals surface area contributed by atoms with Gasteiger partial charge in [-0.3, -0.25) is 0 Å². The van der Waals surface area contributed by atoms with Crippen molar-refractivity contribution in [1.82, 2.24) is 19.4 Å². The molecule has 4 nitrogen and oxygen atoms in total. The maximum absolute atomic E-state index is 6.78. The van der Waals surface area contributed by atoms with Crippen LogP contribution in [0.4, 0.5) is 0 Å². The van der Waals surface area contributed by atoms with Crippen molar-refractivity contribution in [2.45, 2.75) is 0 Å². The van der Waals surface area contributed by atoms with Gasteiger partial charge in [0.1, 0.15) is 39.2 Å². The third-order valence-electron chi connectivity index (χ3n) is 13.4. The minimum absolute atomic E-state index is 0.113. The molecule has 66 heavy (non-hydrogen) atoms. The second-order valence-corrected chi connectivity index (χ2v) is 17.0. The topological polar surface area (TPSA) is 43.1 Å². The third kappa shape index (κ3) is 5.62. The molecule has 10 radical (unpaired) electrons. The summed E-state index contributed by atoms with van der Waals surface area (Å²) >= 11 is 0. The Morgan fingerprint density at radius 3 is 1.26 bits per heavy atom. The Kier molecular flexibility index (Phi) is 8.51. The number of para-hydroxylation sites is 2. The Labute approximate surface area is 386 Å². The van der Waals surface area contributed by atoms with Gasteiger partial charge in [0.15, 0.2) is 17.5 Å². The summed E-state index contributed by atoms with van der Waals surface area (Å²) in [5, 5.41) is 11.4. The van der Waals surface area contributed by atoms with Gasteiger partial charge in [0.25, 0.3) is 0 Å². The molecule has 10 aromatic carbocycles. The molecular formula is C57H29B5N4. The second-order valence-electron chi connectivity index (χ2n) is 17.0. The van der Waals surface area contributed by atoms with Crippen molar-refractivity contribution in [3.63, 3.8) is 0 Å². The first-order valence-corrected chi connectivity index (χ1v) is 21.8. The summed E-state index contributed by atoms with van der Waals surface area (Å²) in [6, 6.07) is 62.1. The molecule has 0 atom stereocenters. The van der Waals surface area contributed by atoms with Crippen LogP contribution in [-0.2, 0) is 0 Å². The number of rotatable bonds is 5. The van der Waals surface area contributed by atoms with Crippen molar-refractivity contribution >= 4 is 137 Å². The highest BCUT2D eigenvalue weighted by molar-refractivity contribution is 6.68. The molecular weight excluding hydrogens is 795 g/mol. The average Bonchev–Trinajstić information content (AvgIpc) is 3.89. The van der Waals surface area contributed by atoms with Gasteiger partial charge in [0.2, 0.25) is 0 Å². The Balaban J connectivity index is 1.16. The van der Waals surface area contributed by atoms with E-state index < -0.39 is 0 Å². The fourth-order valence-electron chi connectivity index (χ4n) is 10.3. The van der Waals surface area contributed by atoms with Crippen molar-refractivity contribution in [1.29, 1.82) is 0 Å². The minimum atomic E-state index is 0.113. The number of fused-ring (bicyclic) bond motifs is 12. The van der Waals surface area contributed by atoms with Gasteiger partial charge >= 0.3 is 0 Å². The average molecular weight is 824 g/mol. The first kappa shape index (κ1) is 38.6. The number of hydrogen-bond donors (Lipinski definition) is 0. The van der Waals surface area contributed by atoms with Gasteiger partial charge in [0.05, 0.1) is 16.6 Å². The second kappa shape index (κ2) is 14.6. The molecule has 13 rings (SSSR count). The zero-order valence-corrected chi connectivity index (χ0v) is 35.4. The molecule has 0 spiro atoms. The van der Waals surface area contributed by atoms with E-state index in [-0.39, 0.29) is 33.1 Å². The summed E-state index contributed by atoms with van der Waals surface area (Å²) in [6.07, 6.45) is 0. The molecule has 0 N–H and O–H groups in total. The maximum atomic E-state index is 6.78. The lowest BCUT2D eigenvalue weighted by atomic mass is 9.60. The first-order chi connectivity index (χ1) is 32.3. The van der Waals surface area contributed by atoms with E-state index in [1.807, 2.05) is 30.3 Å². The van der Waals surface area contributed by atoms with Crippen LogP contribution in [0.25, 0.3) is 127 Å². The molecule has 0 aliphatic carbocycles. The van der Waals surface area contributed by atoms with Gasteiger partial charge in [0, 0.05) is 38.2 Å². The summed E-state index contributed by atoms with van der Waals surface area (Å²) in [5.41, 5.74) is 10.1. The predicted octanol–water partition coefficient (Wildman–Crippen LogP) is 8.79. The Bertz CT molecular complexity index is 4050. The van der Waals surface area contributed by atoms with Crippen LogP contribution in [0.3, 0.4) is 0 Å². The van der Waals surface area contributed by atoms with Crippen LogP contribution in [-0.4, -0.2) is 58.6 Å². The first-order valence-electron chi connectivity index (χ1n) is 21.8. The lowest BCUT2D eigenvalue weighted by Crippen LogP contribution is -2.55. The van der Waals surface area contributed by atoms with E-state index in [0.29, 0.717) is 17.2 Å². The van der Waals surface area contributed by atoms with Crippen LogP contribution in [0, 0.1) is 0 Å². The molecule has 13 aromatic rings. The van der Waals surface area contributed by atoms with Crippen molar-refractivity contribution in [3.8, 4) is 56.4 Å². The summed E-state index contributed by atoms with van der Waals surface area (Å²) in [6.45, 7) is 0. The molecule has 0 bridgehead atoms. The minimum Gasteiger partial charge on any atom is -0.308 e. The van der Waals surface area contributed by atoms with Gasteiger partial charge in [-0.2, -0.15) is 0 Å². The summed E-state index contributed by atoms with van der Waals surface area (Å²) in [4.78, 5) is 15.7. The van der Waals surface area contributed by atoms with E-state index in [4.69, 9.17) is 54.2 Å². The molecule has 3 heterocycles. The SMILES string of the molecule is [B]c1c([B])c([B])c(-c2nc(-c3ccc(-c4ccccc4)cc3)nc(-c3cc4c5ccccc5c5ccccc5c4cc3-c3cc4c5ccccc5n5c6ccccc6c(c3)c45)n2)c([B])c1[B]. The van der Waals surface area contributed by atoms with Crippen molar-refractivity contribution in [2.75, 3.05) is 0 Å². The smallest absolute Gasteiger partial charge is 0.164 e. The van der Waals surface area contributed by atoms with Gasteiger partial charge in [-0.25, -0.2) is 15.0 Å². The van der Waals surface area contributed by atoms with Gasteiger partial charge in [-0.15, -0.1) is 16.4 Å². The van der Waals surface area contributed by atoms with Crippen LogP contribution in [0.1, 0.15) is 0 Å². The van der Waals surface area contributed by atoms with E-state index in [9.17, 15) is 0 Å². The van der Waals surface area contributed by atoms with E-state index in [0.717, 1.165) is 82.1 Å². The van der Waals surface area contributed by atoms with Crippen LogP contribution in [0.5, 0.6) is 0 Å². The van der Waals surface area contributed by atoms with Crippen LogP contribution >= 0.6 is 0 Å². The maximum Gasteiger partial charge on any atom is 0.164 e. The lowest BCUT2D eigenvalue weighted by Gasteiger charge is -2.21. The van der Waals surface area contributed by atoms with Crippen molar-refractivity contribution in [3.05, 3.63) is 176 Å². The van der Waals surface area contributed by atoms with Crippen LogP contribution in [0.15, 0.2) is 176 Å². The Hall–Kier alpha value is -7.89. The number of aromatic nitrogens is 4. The summed E-state index contributed by atoms with van der Waals surface area (Å²) in [5.74, 6) is 1.06. The molecule has 9 heteroatoms. The normalized spacial score (nSPS) is 11.9. The molecule has 0 amide bonds. The Morgan fingerprint density at radius 2 is 0.697 bits per heavy atom. The van der Waals surface area contributed by atoms with Crippen LogP contribution < -0.4 is 27.3 Å². The third-order valence-corrected chi connectivity index (χ3v) is 13.4. The number of benzene rings is 10. The monoisotopic (exact) mass is 824 g/mol. The molecule has 0 unspecified atom stereocenters. The van der Waals surface area contributed by atoms with Gasteiger partial charge in [-0.05, 0) is 91.0 Å². The molecule has 0 fully saturated rings. The quantitative estimate of drug-likeness (QED) is 0.129. The molecule has 0 saturated carbocycles. The standard InChI is InChI=1S/C57H29B5N4/c58-49-48(50(59)52(61)53(62)51(49)60)57-64-55(32-24-22-31(23-25-32)30-12-2-1-3-13-30)63-56(65-57)45-29-42-37-17-7-5-15-35(37)34-14-4-6-16-36(34)41(42)28-40(45)33-26-43-38-18-8-10-20-46(38)66-47-21-11-9-19-39(47)44(27-33)54(43)66/h1-29H. The zero-order valence-electron chi connectivity index (χ0n) is 35.4. The van der Waals surface area contributed by atoms with Crippen LogP contribution in [0.2, 0.25) is 0 Å². The molecule has 0 aliphatic heterocycles. The fourth-order valence-corrected chi connectivity index (χ4v) is 10.3. The van der Waals surface area contributed by atoms with E-state index >= 15 is 0 Å². The predicted molar refractivity (Wildman–Crippen MR) is 281 cm³/mol. The largest absolute Gasteiger partial charge is 0.308 e. The molecule has 292 valence electrons. The summed E-state index contributed by atoms with van der Waals surface area (Å²) < 4.78 is 2.40.